The van der Waals surface area contributed by atoms with E-state index in [1.807, 2.05) is 5.32 Å². The first-order chi connectivity index (χ1) is 14.2. The van der Waals surface area contributed by atoms with Gasteiger partial charge in [0.2, 0.25) is 5.91 Å². The Morgan fingerprint density at radius 2 is 1.60 bits per heavy atom. The molecule has 1 fully saturated rings. The van der Waals surface area contributed by atoms with Crippen molar-refractivity contribution in [3.8, 4) is 0 Å². The van der Waals surface area contributed by atoms with Crippen molar-refractivity contribution in [1.29, 1.82) is 0 Å². The summed E-state index contributed by atoms with van der Waals surface area (Å²) >= 11 is 0. The lowest BCUT2D eigenvalue weighted by atomic mass is 9.96. The van der Waals surface area contributed by atoms with Crippen LogP contribution in [0.1, 0.15) is 46.4 Å². The zero-order valence-electron chi connectivity index (χ0n) is 16.2. The SMILES string of the molecule is O=C(CCCN1C(=O)c2ccccc2C1=O)N1CCC(CNC(=O)C(F)(F)F)CC1. The van der Waals surface area contributed by atoms with Crippen LogP contribution in [-0.4, -0.2) is 65.8 Å². The molecule has 0 unspecified atom stereocenters. The van der Waals surface area contributed by atoms with Crippen molar-refractivity contribution < 1.29 is 32.3 Å². The first kappa shape index (κ1) is 21.8. The van der Waals surface area contributed by atoms with Gasteiger partial charge in [-0.2, -0.15) is 13.2 Å². The number of halogens is 3. The van der Waals surface area contributed by atoms with Gasteiger partial charge in [-0.25, -0.2) is 0 Å². The number of piperidine rings is 1. The second-order valence-corrected chi connectivity index (χ2v) is 7.44. The van der Waals surface area contributed by atoms with Crippen LogP contribution in [0.5, 0.6) is 0 Å². The van der Waals surface area contributed by atoms with Gasteiger partial charge in [0, 0.05) is 32.6 Å². The molecule has 0 bridgehead atoms. The van der Waals surface area contributed by atoms with Crippen molar-refractivity contribution in [2.24, 2.45) is 5.92 Å². The Hall–Kier alpha value is -2.91. The highest BCUT2D eigenvalue weighted by molar-refractivity contribution is 6.21. The van der Waals surface area contributed by atoms with Gasteiger partial charge in [-0.1, -0.05) is 12.1 Å². The molecule has 0 atom stereocenters. The number of rotatable bonds is 6. The van der Waals surface area contributed by atoms with E-state index in [0.717, 1.165) is 4.90 Å². The number of alkyl halides is 3. The van der Waals surface area contributed by atoms with E-state index in [4.69, 9.17) is 0 Å². The minimum Gasteiger partial charge on any atom is -0.348 e. The van der Waals surface area contributed by atoms with Crippen LogP contribution in [0.4, 0.5) is 13.2 Å². The molecule has 2 aliphatic heterocycles. The van der Waals surface area contributed by atoms with Crippen LogP contribution in [0.15, 0.2) is 24.3 Å². The number of imide groups is 1. The van der Waals surface area contributed by atoms with Gasteiger partial charge in [-0.3, -0.25) is 24.1 Å². The predicted molar refractivity (Wildman–Crippen MR) is 99.4 cm³/mol. The number of nitrogens with zero attached hydrogens (tertiary/aromatic N) is 2. The number of carbonyl (C=O) groups excluding carboxylic acids is 4. The van der Waals surface area contributed by atoms with Crippen LogP contribution < -0.4 is 5.32 Å². The monoisotopic (exact) mass is 425 g/mol. The number of benzene rings is 1. The third-order valence-electron chi connectivity index (χ3n) is 5.43. The Morgan fingerprint density at radius 3 is 2.13 bits per heavy atom. The van der Waals surface area contributed by atoms with Crippen molar-refractivity contribution in [2.75, 3.05) is 26.2 Å². The topological polar surface area (TPSA) is 86.8 Å². The zero-order valence-corrected chi connectivity index (χ0v) is 16.2. The highest BCUT2D eigenvalue weighted by atomic mass is 19.4. The second kappa shape index (κ2) is 8.85. The highest BCUT2D eigenvalue weighted by Gasteiger charge is 2.39. The van der Waals surface area contributed by atoms with Gasteiger partial charge < -0.3 is 10.2 Å². The minimum absolute atomic E-state index is 0.0693. The van der Waals surface area contributed by atoms with E-state index in [2.05, 4.69) is 0 Å². The fourth-order valence-electron chi connectivity index (χ4n) is 3.71. The molecule has 1 N–H and O–H groups in total. The highest BCUT2D eigenvalue weighted by Crippen LogP contribution is 2.23. The molecule has 1 aromatic carbocycles. The molecule has 0 spiro atoms. The van der Waals surface area contributed by atoms with E-state index in [1.165, 1.54) is 0 Å². The molecular weight excluding hydrogens is 403 g/mol. The summed E-state index contributed by atoms with van der Waals surface area (Å²) in [6.07, 6.45) is -3.38. The molecule has 3 rings (SSSR count). The Labute approximate surface area is 171 Å². The molecule has 30 heavy (non-hydrogen) atoms. The fourth-order valence-corrected chi connectivity index (χ4v) is 3.71. The van der Waals surface area contributed by atoms with Crippen molar-refractivity contribution in [2.45, 2.75) is 31.9 Å². The maximum absolute atomic E-state index is 12.4. The lowest BCUT2D eigenvalue weighted by molar-refractivity contribution is -0.173. The number of hydrogen-bond acceptors (Lipinski definition) is 4. The molecule has 4 amide bonds. The normalized spacial score (nSPS) is 17.3. The third kappa shape index (κ3) is 4.80. The summed E-state index contributed by atoms with van der Waals surface area (Å²) in [7, 11) is 0. The summed E-state index contributed by atoms with van der Waals surface area (Å²) in [6, 6.07) is 6.58. The van der Waals surface area contributed by atoms with E-state index in [1.54, 1.807) is 29.2 Å². The van der Waals surface area contributed by atoms with Crippen molar-refractivity contribution in [1.82, 2.24) is 15.1 Å². The lowest BCUT2D eigenvalue weighted by Crippen LogP contribution is -2.44. The van der Waals surface area contributed by atoms with Crippen LogP contribution in [0, 0.1) is 5.92 Å². The van der Waals surface area contributed by atoms with Crippen LogP contribution >= 0.6 is 0 Å². The molecule has 0 aromatic heterocycles. The third-order valence-corrected chi connectivity index (χ3v) is 5.43. The average Bonchev–Trinajstić information content (AvgIpc) is 2.96. The number of fused-ring (bicyclic) bond motifs is 1. The van der Waals surface area contributed by atoms with E-state index in [9.17, 15) is 32.3 Å². The largest absolute Gasteiger partial charge is 0.471 e. The Balaban J connectivity index is 1.38. The maximum Gasteiger partial charge on any atom is 0.471 e. The fraction of sp³-hybridized carbons (Fsp3) is 0.500. The second-order valence-electron chi connectivity index (χ2n) is 7.44. The van der Waals surface area contributed by atoms with E-state index in [0.29, 0.717) is 43.5 Å². The maximum atomic E-state index is 12.4. The van der Waals surface area contributed by atoms with Crippen molar-refractivity contribution >= 4 is 23.6 Å². The summed E-state index contributed by atoms with van der Waals surface area (Å²) < 4.78 is 36.7. The van der Waals surface area contributed by atoms with E-state index in [-0.39, 0.29) is 43.1 Å². The van der Waals surface area contributed by atoms with Crippen molar-refractivity contribution in [3.05, 3.63) is 35.4 Å². The molecule has 0 saturated carbocycles. The van der Waals surface area contributed by atoms with E-state index < -0.39 is 12.1 Å². The molecule has 10 heteroatoms. The Bertz CT molecular complexity index is 813. The predicted octanol–water partition coefficient (Wildman–Crippen LogP) is 1.98. The quantitative estimate of drug-likeness (QED) is 0.707. The van der Waals surface area contributed by atoms with Crippen molar-refractivity contribution in [3.63, 3.8) is 0 Å². The number of likely N-dealkylation sites (tertiary alicyclic amines) is 1. The molecule has 2 heterocycles. The zero-order chi connectivity index (χ0) is 21.9. The lowest BCUT2D eigenvalue weighted by Gasteiger charge is -2.32. The molecule has 1 saturated heterocycles. The van der Waals surface area contributed by atoms with Gasteiger partial charge in [0.05, 0.1) is 11.1 Å². The van der Waals surface area contributed by atoms with Gasteiger partial charge in [0.1, 0.15) is 0 Å². The molecule has 162 valence electrons. The molecular formula is C20H22F3N3O4. The summed E-state index contributed by atoms with van der Waals surface area (Å²) in [4.78, 5) is 50.6. The smallest absolute Gasteiger partial charge is 0.348 e. The summed E-state index contributed by atoms with van der Waals surface area (Å²) in [5, 5.41) is 1.88. The van der Waals surface area contributed by atoms with Crippen LogP contribution in [0.25, 0.3) is 0 Å². The number of carbonyl (C=O) groups is 4. The number of amides is 4. The van der Waals surface area contributed by atoms with E-state index >= 15 is 0 Å². The average molecular weight is 425 g/mol. The summed E-state index contributed by atoms with van der Waals surface area (Å²) in [5.41, 5.74) is 0.738. The van der Waals surface area contributed by atoms with Gasteiger partial charge in [-0.05, 0) is 37.3 Å². The molecule has 1 aromatic rings. The Morgan fingerprint density at radius 1 is 1.03 bits per heavy atom. The van der Waals surface area contributed by atoms with Crippen LogP contribution in [0.2, 0.25) is 0 Å². The number of hydrogen-bond donors (Lipinski definition) is 1. The summed E-state index contributed by atoms with van der Waals surface area (Å²) in [5.74, 6) is -2.90. The molecule has 7 nitrogen and oxygen atoms in total. The van der Waals surface area contributed by atoms with Gasteiger partial charge in [-0.15, -0.1) is 0 Å². The molecule has 2 aliphatic rings. The summed E-state index contributed by atoms with van der Waals surface area (Å²) in [6.45, 7) is 0.884. The molecule has 0 aliphatic carbocycles. The van der Waals surface area contributed by atoms with Gasteiger partial charge in [0.25, 0.3) is 11.8 Å². The minimum atomic E-state index is -4.89. The van der Waals surface area contributed by atoms with Crippen LogP contribution in [0.3, 0.4) is 0 Å². The van der Waals surface area contributed by atoms with Gasteiger partial charge >= 0.3 is 12.1 Å². The first-order valence-electron chi connectivity index (χ1n) is 9.76. The van der Waals surface area contributed by atoms with Crippen LogP contribution in [-0.2, 0) is 9.59 Å². The molecule has 0 radical (unpaired) electrons. The number of nitrogens with one attached hydrogen (secondary N) is 1. The standard InChI is InChI=1S/C20H22F3N3O4/c21-20(22,23)19(30)24-12-13-7-10-25(11-8-13)16(27)6-3-9-26-17(28)14-4-1-2-5-15(14)18(26)29/h1-2,4-5,13H,3,6-12H2,(H,24,30). The first-order valence-corrected chi connectivity index (χ1v) is 9.76. The Kier molecular flexibility index (Phi) is 6.42. The van der Waals surface area contributed by atoms with Gasteiger partial charge in [0.15, 0.2) is 0 Å².